The van der Waals surface area contributed by atoms with E-state index < -0.39 is 0 Å². The summed E-state index contributed by atoms with van der Waals surface area (Å²) in [7, 11) is 0. The average Bonchev–Trinajstić information content (AvgIpc) is 2.26. The normalized spacial score (nSPS) is 10.7. The maximum Gasteiger partial charge on any atom is 0.123 e. The summed E-state index contributed by atoms with van der Waals surface area (Å²) in [5.74, 6) is -0.201. The van der Waals surface area contributed by atoms with Gasteiger partial charge in [-0.15, -0.1) is 0 Å². The third-order valence-electron chi connectivity index (χ3n) is 2.28. The predicted octanol–water partition coefficient (Wildman–Crippen LogP) is 1.23. The predicted molar refractivity (Wildman–Crippen MR) is 60.7 cm³/mol. The number of halogens is 1. The molecule has 16 heavy (non-hydrogen) atoms. The van der Waals surface area contributed by atoms with Gasteiger partial charge in [-0.3, -0.25) is 0 Å². The summed E-state index contributed by atoms with van der Waals surface area (Å²) in [5.41, 5.74) is 2.03. The smallest absolute Gasteiger partial charge is 0.123 e. The van der Waals surface area contributed by atoms with Crippen molar-refractivity contribution in [2.45, 2.75) is 13.5 Å². The summed E-state index contributed by atoms with van der Waals surface area (Å²) >= 11 is 0. The van der Waals surface area contributed by atoms with Crippen molar-refractivity contribution in [3.05, 3.63) is 35.1 Å². The van der Waals surface area contributed by atoms with Crippen molar-refractivity contribution in [2.75, 3.05) is 26.4 Å². The molecule has 0 atom stereocenters. The van der Waals surface area contributed by atoms with Crippen LogP contribution in [0.3, 0.4) is 0 Å². The fourth-order valence-electron chi connectivity index (χ4n) is 1.39. The topological polar surface area (TPSA) is 41.5 Å². The van der Waals surface area contributed by atoms with Crippen LogP contribution in [0.15, 0.2) is 18.2 Å². The highest BCUT2D eigenvalue weighted by atomic mass is 19.1. The van der Waals surface area contributed by atoms with Gasteiger partial charge in [0.25, 0.3) is 0 Å². The molecule has 0 spiro atoms. The number of hydrogen-bond acceptors (Lipinski definition) is 3. The Morgan fingerprint density at radius 1 is 1.38 bits per heavy atom. The number of benzene rings is 1. The molecule has 0 aliphatic heterocycles. The van der Waals surface area contributed by atoms with Crippen LogP contribution in [-0.2, 0) is 11.3 Å². The van der Waals surface area contributed by atoms with Crippen LogP contribution in [0, 0.1) is 12.7 Å². The number of ether oxygens (including phenoxy) is 1. The molecule has 0 amide bonds. The zero-order chi connectivity index (χ0) is 11.8. The van der Waals surface area contributed by atoms with Crippen molar-refractivity contribution in [3.8, 4) is 0 Å². The van der Waals surface area contributed by atoms with Gasteiger partial charge in [-0.25, -0.2) is 4.39 Å². The molecule has 1 aromatic carbocycles. The van der Waals surface area contributed by atoms with Crippen LogP contribution in [0.2, 0.25) is 0 Å². The minimum Gasteiger partial charge on any atom is -0.394 e. The third-order valence-corrected chi connectivity index (χ3v) is 2.28. The maximum absolute atomic E-state index is 12.8. The molecule has 1 rings (SSSR count). The molecule has 2 N–H and O–H groups in total. The molecule has 0 saturated carbocycles. The van der Waals surface area contributed by atoms with E-state index in [1.807, 2.05) is 6.92 Å². The van der Waals surface area contributed by atoms with Gasteiger partial charge in [0.05, 0.1) is 19.8 Å². The second-order valence-corrected chi connectivity index (χ2v) is 3.58. The van der Waals surface area contributed by atoms with Crippen molar-refractivity contribution in [1.29, 1.82) is 0 Å². The first-order valence-electron chi connectivity index (χ1n) is 5.38. The number of aliphatic hydroxyl groups excluding tert-OH is 1. The lowest BCUT2D eigenvalue weighted by atomic mass is 10.1. The van der Waals surface area contributed by atoms with Gasteiger partial charge in [-0.2, -0.15) is 0 Å². The van der Waals surface area contributed by atoms with Gasteiger partial charge in [0.2, 0.25) is 0 Å². The van der Waals surface area contributed by atoms with E-state index in [0.29, 0.717) is 19.8 Å². The van der Waals surface area contributed by atoms with Crippen LogP contribution in [0.4, 0.5) is 4.39 Å². The minimum atomic E-state index is -0.201. The molecule has 0 aromatic heterocycles. The lowest BCUT2D eigenvalue weighted by molar-refractivity contribution is 0.0938. The molecular formula is C12H18FNO2. The molecule has 3 nitrogen and oxygen atoms in total. The first-order chi connectivity index (χ1) is 7.74. The number of aliphatic hydroxyl groups is 1. The summed E-state index contributed by atoms with van der Waals surface area (Å²) in [4.78, 5) is 0. The fraction of sp³-hybridized carbons (Fsp3) is 0.500. The van der Waals surface area contributed by atoms with Crippen LogP contribution < -0.4 is 5.32 Å². The van der Waals surface area contributed by atoms with E-state index in [1.165, 1.54) is 12.1 Å². The van der Waals surface area contributed by atoms with E-state index in [0.717, 1.165) is 17.7 Å². The molecular weight excluding hydrogens is 209 g/mol. The Morgan fingerprint density at radius 2 is 2.19 bits per heavy atom. The highest BCUT2D eigenvalue weighted by Crippen LogP contribution is 2.09. The Labute approximate surface area is 95.2 Å². The van der Waals surface area contributed by atoms with Crippen molar-refractivity contribution in [1.82, 2.24) is 5.32 Å². The molecule has 4 heteroatoms. The lowest BCUT2D eigenvalue weighted by Gasteiger charge is -2.08. The van der Waals surface area contributed by atoms with Gasteiger partial charge in [0, 0.05) is 13.1 Å². The second-order valence-electron chi connectivity index (χ2n) is 3.58. The molecule has 1 aromatic rings. The van der Waals surface area contributed by atoms with Gasteiger partial charge >= 0.3 is 0 Å². The van der Waals surface area contributed by atoms with E-state index >= 15 is 0 Å². The van der Waals surface area contributed by atoms with Crippen molar-refractivity contribution in [2.24, 2.45) is 0 Å². The van der Waals surface area contributed by atoms with Crippen molar-refractivity contribution < 1.29 is 14.2 Å². The van der Waals surface area contributed by atoms with Gasteiger partial charge in [0.1, 0.15) is 5.82 Å². The lowest BCUT2D eigenvalue weighted by Crippen LogP contribution is -2.20. The van der Waals surface area contributed by atoms with Crippen LogP contribution in [0.25, 0.3) is 0 Å². The number of aryl methyl sites for hydroxylation is 1. The Kier molecular flexibility index (Phi) is 6.00. The van der Waals surface area contributed by atoms with Gasteiger partial charge in [-0.1, -0.05) is 6.07 Å². The highest BCUT2D eigenvalue weighted by molar-refractivity contribution is 5.26. The van der Waals surface area contributed by atoms with Crippen LogP contribution >= 0.6 is 0 Å². The van der Waals surface area contributed by atoms with Crippen molar-refractivity contribution >= 4 is 0 Å². The largest absolute Gasteiger partial charge is 0.394 e. The third kappa shape index (κ3) is 4.70. The SMILES string of the molecule is Cc1cc(F)ccc1CNCCOCCO. The minimum absolute atomic E-state index is 0.0526. The molecule has 0 unspecified atom stereocenters. The van der Waals surface area contributed by atoms with Crippen molar-refractivity contribution in [3.63, 3.8) is 0 Å². The summed E-state index contributed by atoms with van der Waals surface area (Å²) in [6, 6.07) is 4.78. The van der Waals surface area contributed by atoms with E-state index in [9.17, 15) is 4.39 Å². The van der Waals surface area contributed by atoms with E-state index in [1.54, 1.807) is 6.07 Å². The molecule has 90 valence electrons. The molecule has 0 heterocycles. The van der Waals surface area contributed by atoms with Crippen LogP contribution in [0.5, 0.6) is 0 Å². The zero-order valence-corrected chi connectivity index (χ0v) is 9.50. The Morgan fingerprint density at radius 3 is 2.88 bits per heavy atom. The second kappa shape index (κ2) is 7.33. The molecule has 0 aliphatic rings. The van der Waals surface area contributed by atoms with E-state index in [2.05, 4.69) is 5.32 Å². The fourth-order valence-corrected chi connectivity index (χ4v) is 1.39. The van der Waals surface area contributed by atoms with E-state index in [-0.39, 0.29) is 12.4 Å². The zero-order valence-electron chi connectivity index (χ0n) is 9.50. The monoisotopic (exact) mass is 227 g/mol. The van der Waals surface area contributed by atoms with E-state index in [4.69, 9.17) is 9.84 Å². The molecule has 0 fully saturated rings. The van der Waals surface area contributed by atoms with Gasteiger partial charge in [-0.05, 0) is 30.2 Å². The number of hydrogen-bond donors (Lipinski definition) is 2. The Bertz CT molecular complexity index is 318. The molecule has 0 bridgehead atoms. The summed E-state index contributed by atoms with van der Waals surface area (Å²) in [5, 5.41) is 11.7. The van der Waals surface area contributed by atoms with Gasteiger partial charge < -0.3 is 15.2 Å². The summed E-state index contributed by atoms with van der Waals surface area (Å²) in [6.45, 7) is 4.31. The number of nitrogens with one attached hydrogen (secondary N) is 1. The Hall–Kier alpha value is -0.970. The highest BCUT2D eigenvalue weighted by Gasteiger charge is 1.99. The molecule has 0 aliphatic carbocycles. The maximum atomic E-state index is 12.8. The molecule has 0 radical (unpaired) electrons. The Balaban J connectivity index is 2.21. The first-order valence-corrected chi connectivity index (χ1v) is 5.38. The first kappa shape index (κ1) is 13.1. The standard InChI is InChI=1S/C12H18FNO2/c1-10-8-12(13)3-2-11(10)9-14-4-6-16-7-5-15/h2-3,8,14-15H,4-7,9H2,1H3. The summed E-state index contributed by atoms with van der Waals surface area (Å²) < 4.78 is 17.9. The van der Waals surface area contributed by atoms with Crippen LogP contribution in [-0.4, -0.2) is 31.5 Å². The molecule has 0 saturated heterocycles. The quantitative estimate of drug-likeness (QED) is 0.688. The summed E-state index contributed by atoms with van der Waals surface area (Å²) in [6.07, 6.45) is 0. The van der Waals surface area contributed by atoms with Gasteiger partial charge in [0.15, 0.2) is 0 Å². The average molecular weight is 227 g/mol. The number of rotatable bonds is 7. The van der Waals surface area contributed by atoms with Crippen LogP contribution in [0.1, 0.15) is 11.1 Å².